The number of nitrogens with one attached hydrogen (secondary N) is 1. The second-order valence-corrected chi connectivity index (χ2v) is 5.12. The first-order valence-corrected chi connectivity index (χ1v) is 7.08. The van der Waals surface area contributed by atoms with Crippen molar-refractivity contribution in [2.75, 3.05) is 26.3 Å². The molecule has 5 heteroatoms. The minimum atomic E-state index is 0.150. The molecule has 1 heterocycles. The molecule has 0 amide bonds. The van der Waals surface area contributed by atoms with E-state index in [9.17, 15) is 0 Å². The van der Waals surface area contributed by atoms with E-state index in [-0.39, 0.29) is 6.04 Å². The second kappa shape index (κ2) is 6.41. The lowest BCUT2D eigenvalue weighted by atomic mass is 10.1. The molecule has 1 aliphatic rings. The smallest absolute Gasteiger partial charge is 0.175 e. The molecule has 2 rings (SSSR count). The monoisotopic (exact) mass is 314 g/mol. The maximum absolute atomic E-state index is 5.82. The highest BCUT2D eigenvalue weighted by Gasteiger charge is 2.19. The van der Waals surface area contributed by atoms with Crippen molar-refractivity contribution in [3.63, 3.8) is 0 Å². The van der Waals surface area contributed by atoms with Crippen molar-refractivity contribution in [1.29, 1.82) is 0 Å². The lowest BCUT2D eigenvalue weighted by Gasteiger charge is -2.23. The second-order valence-electron chi connectivity index (χ2n) is 4.27. The molecule has 0 aromatic heterocycles. The number of halogens is 1. The quantitative estimate of drug-likeness (QED) is 0.875. The summed E-state index contributed by atoms with van der Waals surface area (Å²) in [4.78, 5) is 0. The van der Waals surface area contributed by atoms with Crippen molar-refractivity contribution in [3.8, 4) is 11.5 Å². The first-order valence-electron chi connectivity index (χ1n) is 6.28. The topological polar surface area (TPSA) is 56.5 Å². The molecular weight excluding hydrogens is 296 g/mol. The summed E-state index contributed by atoms with van der Waals surface area (Å²) < 4.78 is 12.1. The Labute approximate surface area is 116 Å². The van der Waals surface area contributed by atoms with E-state index in [1.807, 2.05) is 12.1 Å². The largest absolute Gasteiger partial charge is 0.486 e. The Morgan fingerprint density at radius 1 is 1.39 bits per heavy atom. The summed E-state index contributed by atoms with van der Waals surface area (Å²) >= 11 is 3.52. The number of hydrogen-bond acceptors (Lipinski definition) is 4. The van der Waals surface area contributed by atoms with Gasteiger partial charge in [0.15, 0.2) is 11.5 Å². The standard InChI is InChI=1S/C13H19BrN2O2/c1-2-3-16-11(8-15)9-6-10(14)13-12(7-9)17-4-5-18-13/h6-7,11,16H,2-5,8,15H2,1H3. The van der Waals surface area contributed by atoms with Gasteiger partial charge >= 0.3 is 0 Å². The van der Waals surface area contributed by atoms with E-state index in [1.54, 1.807) is 0 Å². The number of ether oxygens (including phenoxy) is 2. The summed E-state index contributed by atoms with van der Waals surface area (Å²) in [7, 11) is 0. The maximum atomic E-state index is 5.82. The number of fused-ring (bicyclic) bond motifs is 1. The highest BCUT2D eigenvalue weighted by Crippen LogP contribution is 2.39. The number of rotatable bonds is 5. The van der Waals surface area contributed by atoms with Crippen LogP contribution < -0.4 is 20.5 Å². The van der Waals surface area contributed by atoms with E-state index in [0.29, 0.717) is 19.8 Å². The van der Waals surface area contributed by atoms with Crippen molar-refractivity contribution >= 4 is 15.9 Å². The van der Waals surface area contributed by atoms with E-state index < -0.39 is 0 Å². The molecule has 1 atom stereocenters. The third-order valence-corrected chi connectivity index (χ3v) is 3.49. The summed E-state index contributed by atoms with van der Waals surface area (Å²) in [5.41, 5.74) is 6.95. The van der Waals surface area contributed by atoms with E-state index in [0.717, 1.165) is 34.5 Å². The molecule has 0 radical (unpaired) electrons. The molecule has 0 fully saturated rings. The van der Waals surface area contributed by atoms with Crippen molar-refractivity contribution in [2.24, 2.45) is 5.73 Å². The van der Waals surface area contributed by atoms with Crippen LogP contribution in [-0.4, -0.2) is 26.3 Å². The fourth-order valence-corrected chi connectivity index (χ4v) is 2.56. The fraction of sp³-hybridized carbons (Fsp3) is 0.538. The van der Waals surface area contributed by atoms with Gasteiger partial charge < -0.3 is 20.5 Å². The predicted octanol–water partition coefficient (Wildman–Crippen LogP) is 2.22. The molecule has 1 aliphatic heterocycles. The average Bonchev–Trinajstić information content (AvgIpc) is 2.40. The van der Waals surface area contributed by atoms with E-state index >= 15 is 0 Å². The molecule has 4 nitrogen and oxygen atoms in total. The SMILES string of the molecule is CCCNC(CN)c1cc(Br)c2c(c1)OCCO2. The zero-order chi connectivity index (χ0) is 13.0. The van der Waals surface area contributed by atoms with Gasteiger partial charge in [-0.25, -0.2) is 0 Å². The first kappa shape index (κ1) is 13.6. The molecule has 1 aromatic carbocycles. The van der Waals surface area contributed by atoms with Crippen molar-refractivity contribution < 1.29 is 9.47 Å². The fourth-order valence-electron chi connectivity index (χ4n) is 1.99. The van der Waals surface area contributed by atoms with Gasteiger partial charge in [-0.3, -0.25) is 0 Å². The third kappa shape index (κ3) is 2.96. The van der Waals surface area contributed by atoms with Gasteiger partial charge in [-0.2, -0.15) is 0 Å². The normalized spacial score (nSPS) is 15.5. The van der Waals surface area contributed by atoms with Gasteiger partial charge in [0.25, 0.3) is 0 Å². The Morgan fingerprint density at radius 3 is 2.89 bits per heavy atom. The van der Waals surface area contributed by atoms with Gasteiger partial charge in [0.05, 0.1) is 4.47 Å². The molecule has 100 valence electrons. The Morgan fingerprint density at radius 2 is 2.17 bits per heavy atom. The molecule has 1 unspecified atom stereocenters. The van der Waals surface area contributed by atoms with Crippen LogP contribution in [0, 0.1) is 0 Å². The minimum absolute atomic E-state index is 0.150. The highest BCUT2D eigenvalue weighted by atomic mass is 79.9. The Bertz CT molecular complexity index is 412. The molecule has 0 bridgehead atoms. The minimum Gasteiger partial charge on any atom is -0.486 e. The molecule has 1 aromatic rings. The molecular formula is C13H19BrN2O2. The van der Waals surface area contributed by atoms with Crippen LogP contribution in [-0.2, 0) is 0 Å². The molecule has 0 saturated carbocycles. The number of hydrogen-bond donors (Lipinski definition) is 2. The molecule has 3 N–H and O–H groups in total. The Hall–Kier alpha value is -0.780. The molecule has 18 heavy (non-hydrogen) atoms. The molecule has 0 saturated heterocycles. The van der Waals surface area contributed by atoms with E-state index in [4.69, 9.17) is 15.2 Å². The summed E-state index contributed by atoms with van der Waals surface area (Å²) in [6.07, 6.45) is 1.09. The lowest BCUT2D eigenvalue weighted by molar-refractivity contribution is 0.170. The van der Waals surface area contributed by atoms with Crippen LogP contribution >= 0.6 is 15.9 Å². The van der Waals surface area contributed by atoms with E-state index in [2.05, 4.69) is 28.2 Å². The molecule has 0 aliphatic carbocycles. The van der Waals surface area contributed by atoms with Crippen molar-refractivity contribution in [3.05, 3.63) is 22.2 Å². The summed E-state index contributed by atoms with van der Waals surface area (Å²) in [5, 5.41) is 3.43. The summed E-state index contributed by atoms with van der Waals surface area (Å²) in [6.45, 7) is 4.85. The van der Waals surface area contributed by atoms with Gasteiger partial charge in [0, 0.05) is 12.6 Å². The van der Waals surface area contributed by atoms with Gasteiger partial charge in [-0.1, -0.05) is 6.92 Å². The number of benzene rings is 1. The van der Waals surface area contributed by atoms with Gasteiger partial charge in [-0.15, -0.1) is 0 Å². The van der Waals surface area contributed by atoms with Crippen LogP contribution in [0.15, 0.2) is 16.6 Å². The zero-order valence-electron chi connectivity index (χ0n) is 10.5. The lowest BCUT2D eigenvalue weighted by Crippen LogP contribution is -2.29. The predicted molar refractivity (Wildman–Crippen MR) is 75.2 cm³/mol. The van der Waals surface area contributed by atoms with Crippen molar-refractivity contribution in [1.82, 2.24) is 5.32 Å². The summed E-state index contributed by atoms with van der Waals surface area (Å²) in [5.74, 6) is 1.58. The highest BCUT2D eigenvalue weighted by molar-refractivity contribution is 9.10. The third-order valence-electron chi connectivity index (χ3n) is 2.90. The van der Waals surface area contributed by atoms with Crippen molar-refractivity contribution in [2.45, 2.75) is 19.4 Å². The van der Waals surface area contributed by atoms with Crippen LogP contribution in [0.1, 0.15) is 24.9 Å². The van der Waals surface area contributed by atoms with Crippen LogP contribution in [0.4, 0.5) is 0 Å². The van der Waals surface area contributed by atoms with Crippen LogP contribution in [0.3, 0.4) is 0 Å². The van der Waals surface area contributed by atoms with Crippen LogP contribution in [0.5, 0.6) is 11.5 Å². The number of nitrogens with two attached hydrogens (primary N) is 1. The average molecular weight is 315 g/mol. The zero-order valence-corrected chi connectivity index (χ0v) is 12.1. The maximum Gasteiger partial charge on any atom is 0.175 e. The Balaban J connectivity index is 2.24. The van der Waals surface area contributed by atoms with Crippen LogP contribution in [0.2, 0.25) is 0 Å². The molecule has 0 spiro atoms. The first-order chi connectivity index (χ1) is 8.76. The van der Waals surface area contributed by atoms with E-state index in [1.165, 1.54) is 0 Å². The van der Waals surface area contributed by atoms with Gasteiger partial charge in [0.2, 0.25) is 0 Å². The summed E-state index contributed by atoms with van der Waals surface area (Å²) in [6, 6.07) is 4.21. The van der Waals surface area contributed by atoms with Gasteiger partial charge in [-0.05, 0) is 46.6 Å². The Kier molecular flexibility index (Phi) is 4.86. The van der Waals surface area contributed by atoms with Crippen LogP contribution in [0.25, 0.3) is 0 Å². The van der Waals surface area contributed by atoms with Gasteiger partial charge in [0.1, 0.15) is 13.2 Å².